The molecule has 0 saturated carbocycles. The van der Waals surface area contributed by atoms with Crippen LogP contribution in [0.4, 0.5) is 0 Å². The third kappa shape index (κ3) is 4.96. The van der Waals surface area contributed by atoms with Crippen molar-refractivity contribution in [3.63, 3.8) is 0 Å². The molecule has 2 atom stereocenters. The van der Waals surface area contributed by atoms with Gasteiger partial charge in [0.1, 0.15) is 6.04 Å². The van der Waals surface area contributed by atoms with Gasteiger partial charge in [-0.25, -0.2) is 0 Å². The van der Waals surface area contributed by atoms with E-state index in [-0.39, 0.29) is 29.3 Å². The van der Waals surface area contributed by atoms with Crippen LogP contribution in [0.3, 0.4) is 0 Å². The molecule has 1 saturated heterocycles. The van der Waals surface area contributed by atoms with E-state index in [0.29, 0.717) is 18.1 Å². The van der Waals surface area contributed by atoms with Gasteiger partial charge in [-0.05, 0) is 30.0 Å². The van der Waals surface area contributed by atoms with Gasteiger partial charge in [0.05, 0.1) is 11.9 Å². The van der Waals surface area contributed by atoms with Crippen LogP contribution in [0.5, 0.6) is 0 Å². The Hall–Kier alpha value is -1.56. The number of aromatic nitrogens is 1. The van der Waals surface area contributed by atoms with Crippen LogP contribution in [-0.2, 0) is 9.59 Å². The van der Waals surface area contributed by atoms with Gasteiger partial charge in [0.2, 0.25) is 11.8 Å². The SMILES string of the molecule is CC(NC(=O)C1CSCN1C(=O)CC(C)(C)C)c1ccncc1. The summed E-state index contributed by atoms with van der Waals surface area (Å²) in [4.78, 5) is 30.7. The molecule has 126 valence electrons. The predicted molar refractivity (Wildman–Crippen MR) is 92.8 cm³/mol. The van der Waals surface area contributed by atoms with E-state index in [0.717, 1.165) is 5.56 Å². The van der Waals surface area contributed by atoms with Crippen molar-refractivity contribution in [2.75, 3.05) is 11.6 Å². The fraction of sp³-hybridized carbons (Fsp3) is 0.588. The molecule has 2 rings (SSSR count). The molecule has 1 fully saturated rings. The molecule has 0 spiro atoms. The molecule has 0 radical (unpaired) electrons. The Morgan fingerprint density at radius 1 is 1.39 bits per heavy atom. The number of amides is 2. The lowest BCUT2D eigenvalue weighted by molar-refractivity contribution is -0.139. The summed E-state index contributed by atoms with van der Waals surface area (Å²) in [5, 5.41) is 3.01. The minimum atomic E-state index is -0.376. The second kappa shape index (κ2) is 7.34. The molecule has 23 heavy (non-hydrogen) atoms. The zero-order chi connectivity index (χ0) is 17.0. The first-order valence-electron chi connectivity index (χ1n) is 7.85. The van der Waals surface area contributed by atoms with Crippen LogP contribution < -0.4 is 5.32 Å². The van der Waals surface area contributed by atoms with Crippen molar-refractivity contribution in [3.8, 4) is 0 Å². The molecule has 1 aliphatic heterocycles. The van der Waals surface area contributed by atoms with Gasteiger partial charge in [0.25, 0.3) is 0 Å². The van der Waals surface area contributed by atoms with E-state index in [4.69, 9.17) is 0 Å². The van der Waals surface area contributed by atoms with Gasteiger partial charge in [-0.2, -0.15) is 0 Å². The van der Waals surface area contributed by atoms with Crippen LogP contribution in [0.1, 0.15) is 45.7 Å². The van der Waals surface area contributed by atoms with Crippen molar-refractivity contribution < 1.29 is 9.59 Å². The molecule has 1 N–H and O–H groups in total. The molecule has 5 nitrogen and oxygen atoms in total. The first-order chi connectivity index (χ1) is 10.8. The van der Waals surface area contributed by atoms with Crippen LogP contribution >= 0.6 is 11.8 Å². The maximum absolute atomic E-state index is 12.6. The van der Waals surface area contributed by atoms with Crippen molar-refractivity contribution in [2.45, 2.75) is 46.2 Å². The number of rotatable bonds is 4. The number of pyridine rings is 1. The third-order valence-electron chi connectivity index (χ3n) is 3.75. The number of carbonyl (C=O) groups is 2. The van der Waals surface area contributed by atoms with E-state index >= 15 is 0 Å². The molecule has 2 unspecified atom stereocenters. The van der Waals surface area contributed by atoms with Gasteiger partial charge in [-0.3, -0.25) is 14.6 Å². The van der Waals surface area contributed by atoms with Crippen molar-refractivity contribution in [3.05, 3.63) is 30.1 Å². The average molecular weight is 335 g/mol. The molecule has 1 aliphatic rings. The quantitative estimate of drug-likeness (QED) is 0.919. The Balaban J connectivity index is 1.99. The lowest BCUT2D eigenvalue weighted by atomic mass is 9.91. The zero-order valence-electron chi connectivity index (χ0n) is 14.2. The lowest BCUT2D eigenvalue weighted by Gasteiger charge is -2.27. The molecule has 1 aromatic rings. The second-order valence-electron chi connectivity index (χ2n) is 7.13. The summed E-state index contributed by atoms with van der Waals surface area (Å²) in [6.07, 6.45) is 3.88. The summed E-state index contributed by atoms with van der Waals surface area (Å²) in [6, 6.07) is 3.29. The molecule has 0 aliphatic carbocycles. The van der Waals surface area contributed by atoms with Crippen molar-refractivity contribution in [1.29, 1.82) is 0 Å². The van der Waals surface area contributed by atoms with E-state index in [1.807, 2.05) is 39.8 Å². The van der Waals surface area contributed by atoms with Crippen molar-refractivity contribution in [1.82, 2.24) is 15.2 Å². The van der Waals surface area contributed by atoms with Gasteiger partial charge in [-0.1, -0.05) is 20.8 Å². The van der Waals surface area contributed by atoms with Crippen molar-refractivity contribution in [2.24, 2.45) is 5.41 Å². The van der Waals surface area contributed by atoms with Crippen LogP contribution in [0.2, 0.25) is 0 Å². The summed E-state index contributed by atoms with van der Waals surface area (Å²) in [7, 11) is 0. The molecule has 2 amide bonds. The number of hydrogen-bond donors (Lipinski definition) is 1. The van der Waals surface area contributed by atoms with E-state index in [2.05, 4.69) is 10.3 Å². The predicted octanol–water partition coefficient (Wildman–Crippen LogP) is 2.60. The number of nitrogens with one attached hydrogen (secondary N) is 1. The van der Waals surface area contributed by atoms with Crippen molar-refractivity contribution >= 4 is 23.6 Å². The number of thioether (sulfide) groups is 1. The normalized spacial score (nSPS) is 19.5. The second-order valence-corrected chi connectivity index (χ2v) is 8.13. The van der Waals surface area contributed by atoms with Crippen LogP contribution in [0.15, 0.2) is 24.5 Å². The average Bonchev–Trinajstić information content (AvgIpc) is 2.96. The minimum absolute atomic E-state index is 0.0548. The first-order valence-corrected chi connectivity index (χ1v) is 9.01. The highest BCUT2D eigenvalue weighted by atomic mass is 32.2. The Labute approximate surface area is 142 Å². The highest BCUT2D eigenvalue weighted by molar-refractivity contribution is 7.99. The number of nitrogens with zero attached hydrogens (tertiary/aromatic N) is 2. The number of carbonyl (C=O) groups excluding carboxylic acids is 2. The molecular formula is C17H25N3O2S. The summed E-state index contributed by atoms with van der Waals surface area (Å²) in [6.45, 7) is 8.05. The Bertz CT molecular complexity index is 557. The summed E-state index contributed by atoms with van der Waals surface area (Å²) in [5.41, 5.74) is 0.932. The van der Waals surface area contributed by atoms with E-state index in [1.54, 1.807) is 29.1 Å². The lowest BCUT2D eigenvalue weighted by Crippen LogP contribution is -2.48. The molecule has 0 bridgehead atoms. The third-order valence-corrected chi connectivity index (χ3v) is 4.76. The number of hydrogen-bond acceptors (Lipinski definition) is 4. The maximum atomic E-state index is 12.6. The molecule has 6 heteroatoms. The smallest absolute Gasteiger partial charge is 0.244 e. The van der Waals surface area contributed by atoms with Gasteiger partial charge >= 0.3 is 0 Å². The van der Waals surface area contributed by atoms with E-state index in [9.17, 15) is 9.59 Å². The van der Waals surface area contributed by atoms with Crippen LogP contribution in [-0.4, -0.2) is 39.4 Å². The Morgan fingerprint density at radius 3 is 2.65 bits per heavy atom. The fourth-order valence-electron chi connectivity index (χ4n) is 2.51. The summed E-state index contributed by atoms with van der Waals surface area (Å²) < 4.78 is 0. The zero-order valence-corrected chi connectivity index (χ0v) is 15.0. The highest BCUT2D eigenvalue weighted by Crippen LogP contribution is 2.27. The van der Waals surface area contributed by atoms with Gasteiger partial charge in [0, 0.05) is 24.6 Å². The molecule has 1 aromatic heterocycles. The largest absolute Gasteiger partial charge is 0.348 e. The Morgan fingerprint density at radius 2 is 2.04 bits per heavy atom. The topological polar surface area (TPSA) is 62.3 Å². The first kappa shape index (κ1) is 17.8. The monoisotopic (exact) mass is 335 g/mol. The fourth-order valence-corrected chi connectivity index (χ4v) is 3.69. The summed E-state index contributed by atoms with van der Waals surface area (Å²) >= 11 is 1.63. The molecule has 0 aromatic carbocycles. The van der Waals surface area contributed by atoms with E-state index < -0.39 is 0 Å². The standard InChI is InChI=1S/C17H25N3O2S/c1-12(13-5-7-18-8-6-13)19-16(22)14-10-23-11-20(14)15(21)9-17(2,3)4/h5-8,12,14H,9-11H2,1-4H3,(H,19,22). The van der Waals surface area contributed by atoms with Crippen LogP contribution in [0.25, 0.3) is 0 Å². The highest BCUT2D eigenvalue weighted by Gasteiger charge is 2.36. The van der Waals surface area contributed by atoms with Crippen LogP contribution in [0, 0.1) is 5.41 Å². The Kier molecular flexibility index (Phi) is 5.68. The van der Waals surface area contributed by atoms with Gasteiger partial charge < -0.3 is 10.2 Å². The summed E-state index contributed by atoms with van der Waals surface area (Å²) in [5.74, 6) is 1.22. The molecular weight excluding hydrogens is 310 g/mol. The van der Waals surface area contributed by atoms with E-state index in [1.165, 1.54) is 0 Å². The maximum Gasteiger partial charge on any atom is 0.244 e. The van der Waals surface area contributed by atoms with Gasteiger partial charge in [-0.15, -0.1) is 11.8 Å². The minimum Gasteiger partial charge on any atom is -0.348 e. The molecule has 2 heterocycles. The van der Waals surface area contributed by atoms with Gasteiger partial charge in [0.15, 0.2) is 0 Å².